The molecule has 8 heteroatoms. The molecule has 0 aliphatic carbocycles. The van der Waals surface area contributed by atoms with E-state index in [2.05, 4.69) is 30.4 Å². The number of H-pyrrole nitrogens is 6. The molecule has 0 amide bonds. The summed E-state index contributed by atoms with van der Waals surface area (Å²) in [5.74, 6) is 0. The van der Waals surface area contributed by atoms with Crippen LogP contribution < -0.4 is 11.1 Å². The monoisotopic (exact) mass is 268 g/mol. The smallest absolute Gasteiger partial charge is 0.274 e. The van der Waals surface area contributed by atoms with Crippen molar-refractivity contribution in [1.29, 1.82) is 0 Å². The molecular weight excluding hydrogens is 260 g/mol. The Kier molecular flexibility index (Phi) is 1.40. The first-order valence-electron chi connectivity index (χ1n) is 6.06. The third-order valence-corrected chi connectivity index (χ3v) is 3.77. The molecular formula is C12H8N6O2. The normalized spacial score (nSPS) is 12.4. The molecule has 4 aromatic heterocycles. The molecule has 4 heterocycles. The summed E-state index contributed by atoms with van der Waals surface area (Å²) in [7, 11) is 0. The topological polar surface area (TPSA) is 129 Å². The molecule has 98 valence electrons. The van der Waals surface area contributed by atoms with Crippen LogP contribution in [0.5, 0.6) is 0 Å². The fourth-order valence-corrected chi connectivity index (χ4v) is 2.91. The fraction of sp³-hybridized carbons (Fsp3) is 0. The molecule has 0 bridgehead atoms. The van der Waals surface area contributed by atoms with Gasteiger partial charge in [0.1, 0.15) is 11.3 Å². The molecule has 20 heavy (non-hydrogen) atoms. The standard InChI is InChI=1S/C12H8N6O2/c19-11-7-3-1-5-4(2-6(3)14-9(7)15-17-11)8-10(13-5)16-18-12(8)20/h1-2H,(H3,13,16,18,20)(H3,14,15,17,19). The fourth-order valence-electron chi connectivity index (χ4n) is 2.91. The molecule has 0 aliphatic heterocycles. The Morgan fingerprint density at radius 3 is 1.55 bits per heavy atom. The van der Waals surface area contributed by atoms with E-state index >= 15 is 0 Å². The van der Waals surface area contributed by atoms with Gasteiger partial charge < -0.3 is 9.97 Å². The van der Waals surface area contributed by atoms with Gasteiger partial charge in [-0.25, -0.2) is 0 Å². The first kappa shape index (κ1) is 9.73. The highest BCUT2D eigenvalue weighted by atomic mass is 16.1. The number of nitrogens with one attached hydrogen (secondary N) is 6. The minimum Gasteiger partial charge on any atom is -0.339 e. The lowest BCUT2D eigenvalue weighted by Crippen LogP contribution is -1.98. The molecule has 0 radical (unpaired) electrons. The van der Waals surface area contributed by atoms with Crippen molar-refractivity contribution in [2.24, 2.45) is 0 Å². The van der Waals surface area contributed by atoms with Gasteiger partial charge in [-0.3, -0.25) is 30.0 Å². The molecule has 1 aromatic carbocycles. The van der Waals surface area contributed by atoms with Crippen molar-refractivity contribution in [2.75, 3.05) is 0 Å². The van der Waals surface area contributed by atoms with Crippen molar-refractivity contribution >= 4 is 43.9 Å². The van der Waals surface area contributed by atoms with Crippen molar-refractivity contribution in [3.8, 4) is 0 Å². The molecule has 0 fully saturated rings. The first-order valence-corrected chi connectivity index (χ1v) is 6.06. The Labute approximate surface area is 108 Å². The number of aromatic nitrogens is 6. The van der Waals surface area contributed by atoms with E-state index in [0.717, 1.165) is 21.8 Å². The highest BCUT2D eigenvalue weighted by Crippen LogP contribution is 2.29. The van der Waals surface area contributed by atoms with Crippen LogP contribution >= 0.6 is 0 Å². The molecule has 0 atom stereocenters. The van der Waals surface area contributed by atoms with Crippen molar-refractivity contribution in [2.45, 2.75) is 0 Å². The van der Waals surface area contributed by atoms with Crippen molar-refractivity contribution in [3.05, 3.63) is 32.8 Å². The van der Waals surface area contributed by atoms with Crippen molar-refractivity contribution < 1.29 is 0 Å². The Hall–Kier alpha value is -3.16. The quantitative estimate of drug-likeness (QED) is 0.250. The van der Waals surface area contributed by atoms with Crippen LogP contribution in [0.15, 0.2) is 21.7 Å². The summed E-state index contributed by atoms with van der Waals surface area (Å²) in [6.45, 7) is 0. The number of fused-ring (bicyclic) bond motifs is 6. The zero-order chi connectivity index (χ0) is 13.4. The molecule has 0 unspecified atom stereocenters. The number of hydrogen-bond donors (Lipinski definition) is 6. The predicted octanol–water partition coefficient (Wildman–Crippen LogP) is 0.988. The third kappa shape index (κ3) is 0.945. The number of benzene rings is 1. The average molecular weight is 268 g/mol. The zero-order valence-corrected chi connectivity index (χ0v) is 9.97. The van der Waals surface area contributed by atoms with Crippen LogP contribution in [0.25, 0.3) is 43.9 Å². The maximum absolute atomic E-state index is 11.8. The van der Waals surface area contributed by atoms with Gasteiger partial charge in [0.25, 0.3) is 11.1 Å². The van der Waals surface area contributed by atoms with Crippen LogP contribution in [0.2, 0.25) is 0 Å². The van der Waals surface area contributed by atoms with Gasteiger partial charge in [0.2, 0.25) is 0 Å². The summed E-state index contributed by atoms with van der Waals surface area (Å²) < 4.78 is 0. The van der Waals surface area contributed by atoms with E-state index < -0.39 is 0 Å². The molecule has 0 saturated carbocycles. The molecule has 6 N–H and O–H groups in total. The number of aromatic amines is 6. The molecule has 8 nitrogen and oxygen atoms in total. The van der Waals surface area contributed by atoms with Crippen LogP contribution in [-0.4, -0.2) is 30.4 Å². The number of hydrogen-bond acceptors (Lipinski definition) is 2. The Balaban J connectivity index is 2.12. The Bertz CT molecular complexity index is 1140. The summed E-state index contributed by atoms with van der Waals surface area (Å²) in [4.78, 5) is 29.8. The second-order valence-electron chi connectivity index (χ2n) is 4.85. The van der Waals surface area contributed by atoms with E-state index in [0.29, 0.717) is 22.1 Å². The lowest BCUT2D eigenvalue weighted by Gasteiger charge is -1.92. The van der Waals surface area contributed by atoms with E-state index in [9.17, 15) is 9.59 Å². The summed E-state index contributed by atoms with van der Waals surface area (Å²) in [6.07, 6.45) is 0. The molecule has 5 rings (SSSR count). The van der Waals surface area contributed by atoms with E-state index in [1.165, 1.54) is 0 Å². The zero-order valence-electron chi connectivity index (χ0n) is 9.97. The SMILES string of the molecule is O=c1[nH][nH]c2[nH]c3cc4c(cc3c12)[nH]c1[nH][nH]c(=O)c14. The number of rotatable bonds is 0. The minimum atomic E-state index is -0.166. The van der Waals surface area contributed by atoms with Crippen molar-refractivity contribution in [3.63, 3.8) is 0 Å². The maximum atomic E-state index is 11.8. The maximum Gasteiger partial charge on any atom is 0.274 e. The highest BCUT2D eigenvalue weighted by molar-refractivity contribution is 6.15. The Morgan fingerprint density at radius 1 is 0.650 bits per heavy atom. The molecule has 5 aromatic rings. The highest BCUT2D eigenvalue weighted by Gasteiger charge is 2.14. The van der Waals surface area contributed by atoms with Gasteiger partial charge in [-0.1, -0.05) is 0 Å². The minimum absolute atomic E-state index is 0.166. The van der Waals surface area contributed by atoms with E-state index in [4.69, 9.17) is 0 Å². The van der Waals surface area contributed by atoms with Gasteiger partial charge in [-0.2, -0.15) is 0 Å². The van der Waals surface area contributed by atoms with E-state index in [1.54, 1.807) is 0 Å². The first-order chi connectivity index (χ1) is 9.72. The van der Waals surface area contributed by atoms with E-state index in [-0.39, 0.29) is 11.1 Å². The molecule has 0 aliphatic rings. The van der Waals surface area contributed by atoms with Gasteiger partial charge in [-0.15, -0.1) is 0 Å². The second kappa shape index (κ2) is 2.87. The van der Waals surface area contributed by atoms with Crippen LogP contribution in [0.3, 0.4) is 0 Å². The lowest BCUT2D eigenvalue weighted by atomic mass is 10.1. The molecule has 0 spiro atoms. The lowest BCUT2D eigenvalue weighted by molar-refractivity contribution is 1.07. The van der Waals surface area contributed by atoms with Gasteiger partial charge in [-0.05, 0) is 12.1 Å². The van der Waals surface area contributed by atoms with Crippen LogP contribution in [-0.2, 0) is 0 Å². The second-order valence-corrected chi connectivity index (χ2v) is 4.85. The van der Waals surface area contributed by atoms with Gasteiger partial charge in [0.05, 0.1) is 10.8 Å². The van der Waals surface area contributed by atoms with Gasteiger partial charge in [0, 0.05) is 21.8 Å². The van der Waals surface area contributed by atoms with Crippen LogP contribution in [0.1, 0.15) is 0 Å². The summed E-state index contributed by atoms with van der Waals surface area (Å²) in [5.41, 5.74) is 2.59. The predicted molar refractivity (Wildman–Crippen MR) is 75.1 cm³/mol. The summed E-state index contributed by atoms with van der Waals surface area (Å²) in [6, 6.07) is 3.75. The van der Waals surface area contributed by atoms with E-state index in [1.807, 2.05) is 12.1 Å². The summed E-state index contributed by atoms with van der Waals surface area (Å²) in [5, 5.41) is 13.5. The van der Waals surface area contributed by atoms with Crippen LogP contribution in [0, 0.1) is 0 Å². The average Bonchev–Trinajstić information content (AvgIpc) is 3.12. The van der Waals surface area contributed by atoms with Gasteiger partial charge >= 0.3 is 0 Å². The summed E-state index contributed by atoms with van der Waals surface area (Å²) >= 11 is 0. The van der Waals surface area contributed by atoms with Crippen molar-refractivity contribution in [1.82, 2.24) is 30.4 Å². The van der Waals surface area contributed by atoms with Crippen LogP contribution in [0.4, 0.5) is 0 Å². The molecule has 0 saturated heterocycles. The Morgan fingerprint density at radius 2 is 1.10 bits per heavy atom. The largest absolute Gasteiger partial charge is 0.339 e. The third-order valence-electron chi connectivity index (χ3n) is 3.77. The van der Waals surface area contributed by atoms with Gasteiger partial charge in [0.15, 0.2) is 0 Å².